The Morgan fingerprint density at radius 2 is 1.86 bits per heavy atom. The van der Waals surface area contributed by atoms with Gasteiger partial charge in [-0.2, -0.15) is 0 Å². The summed E-state index contributed by atoms with van der Waals surface area (Å²) < 4.78 is 22.9. The Balaban J connectivity index is 1.89. The van der Waals surface area contributed by atoms with Gasteiger partial charge >= 0.3 is 11.9 Å². The molecule has 0 radical (unpaired) electrons. The molecule has 11 atom stereocenters. The molecule has 2 aliphatic heterocycles. The van der Waals surface area contributed by atoms with E-state index in [0.29, 0.717) is 11.1 Å². The van der Waals surface area contributed by atoms with Crippen LogP contribution in [0.4, 0.5) is 0 Å². The highest BCUT2D eigenvalue weighted by atomic mass is 16.6. The largest absolute Gasteiger partial charge is 0.457 e. The van der Waals surface area contributed by atoms with Crippen molar-refractivity contribution in [3.63, 3.8) is 0 Å². The van der Waals surface area contributed by atoms with Gasteiger partial charge in [0.15, 0.2) is 0 Å². The average Bonchev–Trinajstić information content (AvgIpc) is 3.83. The summed E-state index contributed by atoms with van der Waals surface area (Å²) in [4.78, 5) is 37.9. The average molecular weight is 686 g/mol. The molecule has 272 valence electrons. The number of epoxide rings is 1. The Hall–Kier alpha value is -3.35. The van der Waals surface area contributed by atoms with Crippen molar-refractivity contribution in [3.8, 4) is 0 Å². The summed E-state index contributed by atoms with van der Waals surface area (Å²) in [7, 11) is 1.66. The van der Waals surface area contributed by atoms with E-state index in [0.717, 1.165) is 6.42 Å². The van der Waals surface area contributed by atoms with Gasteiger partial charge in [0.2, 0.25) is 0 Å². The van der Waals surface area contributed by atoms with Gasteiger partial charge in [-0.05, 0) is 63.8 Å². The predicted octanol–water partition coefficient (Wildman–Crippen LogP) is 4.20. The quantitative estimate of drug-likeness (QED) is 0.109. The molecule has 1 amide bonds. The van der Waals surface area contributed by atoms with Gasteiger partial charge in [-0.1, -0.05) is 63.3 Å². The van der Waals surface area contributed by atoms with Crippen molar-refractivity contribution in [1.82, 2.24) is 5.32 Å². The standard InChI is InChI=1S/C38H55NO10/c1-9-29(46-8)25(4)33-34(49-33)35(39-36(43)27-15-11-10-12-16-27)38(7,45)20-13-14-23(2)32-24(3)17-18-30(47-26(5)40)37(6,44)21-19-28(41)22-31(42)48-32/h10-18,20,24-25,28-30,32-35,41,44-45H,9,19,21-22H2,1-8H3,(H,39,43)/b18-17+,20-13+,23-14+/t24-,25+,28+,29-,30-,32?,33+,34-,35?,37?,38?/m0/s1. The lowest BCUT2D eigenvalue weighted by atomic mass is 9.87. The molecule has 4 unspecified atom stereocenters. The maximum atomic E-state index is 13.3. The number of cyclic esters (lactones) is 1. The number of nitrogens with one attached hydrogen (secondary N) is 1. The molecule has 49 heavy (non-hydrogen) atoms. The molecule has 4 N–H and O–H groups in total. The molecule has 1 aromatic rings. The number of carbonyl (C=O) groups excluding carboxylic acids is 3. The minimum Gasteiger partial charge on any atom is -0.457 e. The number of esters is 2. The molecule has 11 heteroatoms. The molecule has 2 aliphatic rings. The first kappa shape index (κ1) is 40.1. The molecule has 3 rings (SSSR count). The number of allylic oxidation sites excluding steroid dienone is 2. The minimum absolute atomic E-state index is 0.0195. The molecule has 0 saturated carbocycles. The molecule has 0 aliphatic carbocycles. The summed E-state index contributed by atoms with van der Waals surface area (Å²) in [6.45, 7) is 12.0. The van der Waals surface area contributed by atoms with Crippen LogP contribution in [0.2, 0.25) is 0 Å². The molecule has 0 bridgehead atoms. The van der Waals surface area contributed by atoms with Crippen LogP contribution in [0.25, 0.3) is 0 Å². The van der Waals surface area contributed by atoms with Gasteiger partial charge in [0.1, 0.15) is 29.5 Å². The van der Waals surface area contributed by atoms with E-state index in [9.17, 15) is 29.7 Å². The Labute approximate surface area is 290 Å². The summed E-state index contributed by atoms with van der Waals surface area (Å²) in [5.41, 5.74) is -1.96. The number of amides is 1. The molecule has 1 saturated heterocycles. The molecular formula is C38H55NO10. The van der Waals surface area contributed by atoms with E-state index in [-0.39, 0.29) is 43.3 Å². The molecule has 1 aromatic carbocycles. The van der Waals surface area contributed by atoms with Crippen LogP contribution >= 0.6 is 0 Å². The van der Waals surface area contributed by atoms with Crippen molar-refractivity contribution in [1.29, 1.82) is 0 Å². The van der Waals surface area contributed by atoms with Gasteiger partial charge in [-0.3, -0.25) is 14.4 Å². The minimum atomic E-state index is -1.56. The number of rotatable bonds is 12. The summed E-state index contributed by atoms with van der Waals surface area (Å²) in [6.07, 6.45) is 5.34. The number of aliphatic hydroxyl groups excluding tert-OH is 1. The fraction of sp³-hybridized carbons (Fsp3) is 0.605. The summed E-state index contributed by atoms with van der Waals surface area (Å²) in [6, 6.07) is 7.94. The first-order valence-corrected chi connectivity index (χ1v) is 17.1. The van der Waals surface area contributed by atoms with Crippen LogP contribution in [-0.2, 0) is 28.5 Å². The second kappa shape index (κ2) is 17.5. The smallest absolute Gasteiger partial charge is 0.309 e. The maximum absolute atomic E-state index is 13.3. The Bertz CT molecular complexity index is 1350. The van der Waals surface area contributed by atoms with Crippen molar-refractivity contribution < 1.29 is 48.7 Å². The van der Waals surface area contributed by atoms with Crippen molar-refractivity contribution >= 4 is 17.8 Å². The number of hydrogen-bond acceptors (Lipinski definition) is 10. The molecule has 1 fully saturated rings. The van der Waals surface area contributed by atoms with E-state index < -0.39 is 59.5 Å². The summed E-state index contributed by atoms with van der Waals surface area (Å²) in [5, 5.41) is 36.4. The maximum Gasteiger partial charge on any atom is 0.309 e. The van der Waals surface area contributed by atoms with Crippen LogP contribution < -0.4 is 5.32 Å². The zero-order chi connectivity index (χ0) is 36.5. The summed E-state index contributed by atoms with van der Waals surface area (Å²) in [5.74, 6) is -1.92. The van der Waals surface area contributed by atoms with Crippen molar-refractivity contribution in [3.05, 3.63) is 71.8 Å². The van der Waals surface area contributed by atoms with Crippen molar-refractivity contribution in [2.75, 3.05) is 7.11 Å². The Morgan fingerprint density at radius 3 is 2.47 bits per heavy atom. The van der Waals surface area contributed by atoms with Crippen LogP contribution in [0, 0.1) is 11.8 Å². The van der Waals surface area contributed by atoms with Gasteiger partial charge < -0.3 is 39.6 Å². The number of hydrogen-bond donors (Lipinski definition) is 4. The third-order valence-electron chi connectivity index (χ3n) is 9.51. The van der Waals surface area contributed by atoms with Crippen LogP contribution in [0.15, 0.2) is 66.3 Å². The fourth-order valence-electron chi connectivity index (χ4n) is 6.39. The van der Waals surface area contributed by atoms with Crippen molar-refractivity contribution in [2.45, 2.75) is 128 Å². The lowest BCUT2D eigenvalue weighted by Crippen LogP contribution is -2.54. The van der Waals surface area contributed by atoms with E-state index in [2.05, 4.69) is 5.32 Å². The van der Waals surface area contributed by atoms with Gasteiger partial charge in [0, 0.05) is 31.4 Å². The zero-order valence-electron chi connectivity index (χ0n) is 30.0. The number of ether oxygens (including phenoxy) is 4. The molecule has 0 spiro atoms. The molecule has 0 aromatic heterocycles. The number of methoxy groups -OCH3 is 1. The Morgan fingerprint density at radius 1 is 1.18 bits per heavy atom. The van der Waals surface area contributed by atoms with Gasteiger partial charge in [0.25, 0.3) is 5.91 Å². The first-order chi connectivity index (χ1) is 23.0. The highest BCUT2D eigenvalue weighted by molar-refractivity contribution is 5.94. The van der Waals surface area contributed by atoms with Gasteiger partial charge in [0.05, 0.1) is 30.8 Å². The van der Waals surface area contributed by atoms with E-state index in [4.69, 9.17) is 18.9 Å². The fourth-order valence-corrected chi connectivity index (χ4v) is 6.39. The van der Waals surface area contributed by atoms with E-state index >= 15 is 0 Å². The first-order valence-electron chi connectivity index (χ1n) is 17.1. The molecular weight excluding hydrogens is 630 g/mol. The monoisotopic (exact) mass is 685 g/mol. The SMILES string of the molecule is CC[C@H](OC)[C@@H](C)[C@H]1O[C@@H]1C(NC(=O)c1ccccc1)C(C)(O)/C=C/C=C(\C)C1OC(=O)C[C@H](O)CCC(C)(O)[C@@H](OC(C)=O)/C=C/[C@@H]1C. The lowest BCUT2D eigenvalue weighted by molar-refractivity contribution is -0.157. The zero-order valence-corrected chi connectivity index (χ0v) is 30.0. The number of benzene rings is 1. The highest BCUT2D eigenvalue weighted by Gasteiger charge is 2.54. The number of aliphatic hydroxyl groups is 3. The Kier molecular flexibility index (Phi) is 14.3. The van der Waals surface area contributed by atoms with Gasteiger partial charge in [-0.15, -0.1) is 0 Å². The molecule has 11 nitrogen and oxygen atoms in total. The molecule has 2 heterocycles. The van der Waals surface area contributed by atoms with E-state index in [1.165, 1.54) is 13.8 Å². The second-order valence-electron chi connectivity index (χ2n) is 13.9. The van der Waals surface area contributed by atoms with E-state index in [1.807, 2.05) is 26.8 Å². The van der Waals surface area contributed by atoms with Gasteiger partial charge in [-0.25, -0.2) is 0 Å². The van der Waals surface area contributed by atoms with Crippen LogP contribution in [0.1, 0.15) is 84.5 Å². The predicted molar refractivity (Wildman–Crippen MR) is 184 cm³/mol. The lowest BCUT2D eigenvalue weighted by Gasteiger charge is -2.32. The normalized spacial score (nSPS) is 32.0. The second-order valence-corrected chi connectivity index (χ2v) is 13.9. The van der Waals surface area contributed by atoms with Crippen LogP contribution in [0.5, 0.6) is 0 Å². The third kappa shape index (κ3) is 11.3. The van der Waals surface area contributed by atoms with Crippen LogP contribution in [-0.4, -0.2) is 94.1 Å². The van der Waals surface area contributed by atoms with Crippen molar-refractivity contribution in [2.24, 2.45) is 11.8 Å². The topological polar surface area (TPSA) is 164 Å². The van der Waals surface area contributed by atoms with Crippen LogP contribution in [0.3, 0.4) is 0 Å². The number of carbonyl (C=O) groups is 3. The summed E-state index contributed by atoms with van der Waals surface area (Å²) >= 11 is 0. The third-order valence-corrected chi connectivity index (χ3v) is 9.51. The van der Waals surface area contributed by atoms with E-state index in [1.54, 1.807) is 75.6 Å². The highest BCUT2D eigenvalue weighted by Crippen LogP contribution is 2.39.